The summed E-state index contributed by atoms with van der Waals surface area (Å²) < 4.78 is 14.7. The lowest BCUT2D eigenvalue weighted by atomic mass is 10.1. The highest BCUT2D eigenvalue weighted by Crippen LogP contribution is 2.17. The lowest BCUT2D eigenvalue weighted by molar-refractivity contribution is -0.147. The topological polar surface area (TPSA) is 61.8 Å². The lowest BCUT2D eigenvalue weighted by Gasteiger charge is -2.07. The minimum absolute atomic E-state index is 0.143. The van der Waals surface area contributed by atoms with Gasteiger partial charge in [0.15, 0.2) is 6.61 Å². The first kappa shape index (κ1) is 14.2. The molecule has 0 atom stereocenters. The third kappa shape index (κ3) is 4.18. The summed E-state index contributed by atoms with van der Waals surface area (Å²) in [4.78, 5) is 23.0. The molecule has 0 spiro atoms. The molecule has 0 aromatic heterocycles. The zero-order valence-corrected chi connectivity index (χ0v) is 10.5. The predicted octanol–water partition coefficient (Wildman–Crippen LogP) is 1.46. The summed E-state index contributed by atoms with van der Waals surface area (Å²) in [6.07, 6.45) is 0. The molecule has 0 fully saturated rings. The van der Waals surface area contributed by atoms with Crippen LogP contribution in [0.2, 0.25) is 0 Å². The molecule has 0 saturated heterocycles. The van der Waals surface area contributed by atoms with E-state index in [4.69, 9.17) is 14.2 Å². The number of carbonyl (C=O) groups is 2. The van der Waals surface area contributed by atoms with Crippen LogP contribution in [0.25, 0.3) is 0 Å². The van der Waals surface area contributed by atoms with E-state index in [2.05, 4.69) is 0 Å². The fourth-order valence-electron chi connectivity index (χ4n) is 1.33. The Kier molecular flexibility index (Phi) is 5.87. The van der Waals surface area contributed by atoms with Crippen molar-refractivity contribution in [2.24, 2.45) is 0 Å². The number of carbonyl (C=O) groups excluding carboxylic acids is 2. The average Bonchev–Trinajstić information content (AvgIpc) is 2.42. The van der Waals surface area contributed by atoms with Crippen LogP contribution in [0, 0.1) is 0 Å². The Morgan fingerprint density at radius 1 is 1.17 bits per heavy atom. The van der Waals surface area contributed by atoms with Gasteiger partial charge in [-0.2, -0.15) is 0 Å². The second-order valence-electron chi connectivity index (χ2n) is 3.42. The van der Waals surface area contributed by atoms with Crippen LogP contribution in [0.3, 0.4) is 0 Å². The molecule has 0 N–H and O–H groups in total. The van der Waals surface area contributed by atoms with E-state index in [1.807, 2.05) is 0 Å². The maximum absolute atomic E-state index is 11.8. The molecule has 1 rings (SSSR count). The minimum Gasteiger partial charge on any atom is -0.496 e. The molecule has 0 radical (unpaired) electrons. The molecule has 0 amide bonds. The summed E-state index contributed by atoms with van der Waals surface area (Å²) in [5.41, 5.74) is 0.393. The van der Waals surface area contributed by atoms with Crippen LogP contribution in [0.15, 0.2) is 24.3 Å². The van der Waals surface area contributed by atoms with E-state index < -0.39 is 5.97 Å². The van der Waals surface area contributed by atoms with Gasteiger partial charge in [-0.25, -0.2) is 4.79 Å². The van der Waals surface area contributed by atoms with E-state index >= 15 is 0 Å². The van der Waals surface area contributed by atoms with E-state index in [-0.39, 0.29) is 19.0 Å². The molecule has 1 aromatic carbocycles. The highest BCUT2D eigenvalue weighted by Gasteiger charge is 2.13. The normalized spacial score (nSPS) is 9.89. The third-order valence-electron chi connectivity index (χ3n) is 2.20. The largest absolute Gasteiger partial charge is 0.496 e. The summed E-state index contributed by atoms with van der Waals surface area (Å²) in [5.74, 6) is -0.402. The Bertz CT molecular complexity index is 414. The third-order valence-corrected chi connectivity index (χ3v) is 2.20. The molecule has 0 aliphatic carbocycles. The van der Waals surface area contributed by atoms with Gasteiger partial charge in [0.2, 0.25) is 5.78 Å². The minimum atomic E-state index is -0.555. The molecule has 0 saturated carbocycles. The van der Waals surface area contributed by atoms with Crippen LogP contribution < -0.4 is 4.74 Å². The van der Waals surface area contributed by atoms with Gasteiger partial charge in [-0.15, -0.1) is 0 Å². The smallest absolute Gasteiger partial charge is 0.332 e. The molecule has 18 heavy (non-hydrogen) atoms. The second-order valence-corrected chi connectivity index (χ2v) is 3.42. The van der Waals surface area contributed by atoms with Crippen LogP contribution in [-0.2, 0) is 14.3 Å². The molecule has 0 heterocycles. The Labute approximate surface area is 106 Å². The van der Waals surface area contributed by atoms with Crippen molar-refractivity contribution in [1.29, 1.82) is 0 Å². The van der Waals surface area contributed by atoms with Gasteiger partial charge in [-0.3, -0.25) is 4.79 Å². The summed E-state index contributed by atoms with van der Waals surface area (Å²) in [5, 5.41) is 0. The quantitative estimate of drug-likeness (QED) is 0.543. The second kappa shape index (κ2) is 7.45. The maximum atomic E-state index is 11.8. The molecule has 0 bridgehead atoms. The predicted molar refractivity (Wildman–Crippen MR) is 64.8 cm³/mol. The standard InChI is InChI=1S/C13H16O5/c1-3-17-9-13(15)18-8-11(14)10-6-4-5-7-12(10)16-2/h4-7H,3,8-9H2,1-2H3. The molecular weight excluding hydrogens is 236 g/mol. The van der Waals surface area contributed by atoms with Crippen LogP contribution >= 0.6 is 0 Å². The summed E-state index contributed by atoms with van der Waals surface area (Å²) in [6.45, 7) is 1.74. The zero-order valence-electron chi connectivity index (χ0n) is 10.5. The highest BCUT2D eigenvalue weighted by atomic mass is 16.6. The summed E-state index contributed by atoms with van der Waals surface area (Å²) in [6, 6.07) is 6.78. The number of Topliss-reactive ketones (excluding diaryl/α,β-unsaturated/α-hetero) is 1. The lowest BCUT2D eigenvalue weighted by Crippen LogP contribution is -2.18. The van der Waals surface area contributed by atoms with E-state index in [1.54, 1.807) is 31.2 Å². The Morgan fingerprint density at radius 3 is 2.56 bits per heavy atom. The van der Waals surface area contributed by atoms with E-state index in [9.17, 15) is 9.59 Å². The Hall–Kier alpha value is -1.88. The van der Waals surface area contributed by atoms with Crippen LogP contribution in [0.1, 0.15) is 17.3 Å². The number of benzene rings is 1. The number of hydrogen-bond acceptors (Lipinski definition) is 5. The van der Waals surface area contributed by atoms with Gasteiger partial charge in [-0.1, -0.05) is 12.1 Å². The molecule has 0 aliphatic rings. The SMILES string of the molecule is CCOCC(=O)OCC(=O)c1ccccc1OC. The Morgan fingerprint density at radius 2 is 1.89 bits per heavy atom. The molecular formula is C13H16O5. The average molecular weight is 252 g/mol. The fraction of sp³-hybridized carbons (Fsp3) is 0.385. The highest BCUT2D eigenvalue weighted by molar-refractivity contribution is 6.00. The van der Waals surface area contributed by atoms with Gasteiger partial charge in [0.1, 0.15) is 12.4 Å². The van der Waals surface area contributed by atoms with Crippen molar-refractivity contribution < 1.29 is 23.8 Å². The number of rotatable bonds is 7. The first-order chi connectivity index (χ1) is 8.69. The van der Waals surface area contributed by atoms with Gasteiger partial charge in [-0.05, 0) is 19.1 Å². The van der Waals surface area contributed by atoms with Crippen molar-refractivity contribution in [3.63, 3.8) is 0 Å². The molecule has 5 nitrogen and oxygen atoms in total. The van der Waals surface area contributed by atoms with E-state index in [0.717, 1.165) is 0 Å². The van der Waals surface area contributed by atoms with E-state index in [1.165, 1.54) is 7.11 Å². The number of ketones is 1. The summed E-state index contributed by atoms with van der Waals surface area (Å²) in [7, 11) is 1.48. The number of hydrogen-bond donors (Lipinski definition) is 0. The maximum Gasteiger partial charge on any atom is 0.332 e. The van der Waals surface area contributed by atoms with Crippen molar-refractivity contribution in [1.82, 2.24) is 0 Å². The molecule has 5 heteroatoms. The van der Waals surface area contributed by atoms with Crippen molar-refractivity contribution in [2.45, 2.75) is 6.92 Å². The molecule has 0 aliphatic heterocycles. The van der Waals surface area contributed by atoms with Gasteiger partial charge < -0.3 is 14.2 Å². The summed E-state index contributed by atoms with van der Waals surface area (Å²) >= 11 is 0. The van der Waals surface area contributed by atoms with Gasteiger partial charge in [0.25, 0.3) is 0 Å². The van der Waals surface area contributed by atoms with Crippen LogP contribution in [0.5, 0.6) is 5.75 Å². The first-order valence-corrected chi connectivity index (χ1v) is 5.58. The van der Waals surface area contributed by atoms with Gasteiger partial charge >= 0.3 is 5.97 Å². The van der Waals surface area contributed by atoms with Crippen molar-refractivity contribution >= 4 is 11.8 Å². The first-order valence-electron chi connectivity index (χ1n) is 5.58. The van der Waals surface area contributed by atoms with Gasteiger partial charge in [0, 0.05) is 6.61 Å². The van der Waals surface area contributed by atoms with Gasteiger partial charge in [0.05, 0.1) is 12.7 Å². The van der Waals surface area contributed by atoms with Crippen molar-refractivity contribution in [3.8, 4) is 5.75 Å². The monoisotopic (exact) mass is 252 g/mol. The number of para-hydroxylation sites is 1. The Balaban J connectivity index is 2.52. The number of methoxy groups -OCH3 is 1. The van der Waals surface area contributed by atoms with Crippen LogP contribution in [-0.4, -0.2) is 38.7 Å². The van der Waals surface area contributed by atoms with E-state index in [0.29, 0.717) is 17.9 Å². The number of ether oxygens (including phenoxy) is 3. The van der Waals surface area contributed by atoms with Crippen molar-refractivity contribution in [2.75, 3.05) is 26.9 Å². The van der Waals surface area contributed by atoms with Crippen molar-refractivity contribution in [3.05, 3.63) is 29.8 Å². The zero-order chi connectivity index (χ0) is 13.4. The molecule has 98 valence electrons. The fourth-order valence-corrected chi connectivity index (χ4v) is 1.33. The van der Waals surface area contributed by atoms with Crippen LogP contribution in [0.4, 0.5) is 0 Å². The molecule has 0 unspecified atom stereocenters. The molecule has 1 aromatic rings. The number of esters is 1.